The van der Waals surface area contributed by atoms with Gasteiger partial charge in [0.2, 0.25) is 5.88 Å². The number of aliphatic carboxylic acids is 1. The van der Waals surface area contributed by atoms with E-state index in [2.05, 4.69) is 20.0 Å². The Hall–Kier alpha value is -3.50. The van der Waals surface area contributed by atoms with Crippen LogP contribution >= 0.6 is 0 Å². The molecule has 2 aromatic rings. The maximum atomic E-state index is 13.1. The van der Waals surface area contributed by atoms with E-state index in [-0.39, 0.29) is 18.3 Å². The number of hydrogen-bond acceptors (Lipinski definition) is 6. The fraction of sp³-hybridized carbons (Fsp3) is 0.429. The quantitative estimate of drug-likeness (QED) is 0.641. The number of rotatable bonds is 8. The van der Waals surface area contributed by atoms with E-state index >= 15 is 0 Å². The van der Waals surface area contributed by atoms with E-state index in [0.29, 0.717) is 25.2 Å². The molecule has 0 bridgehead atoms. The van der Waals surface area contributed by atoms with Crippen LogP contribution in [0.1, 0.15) is 35.7 Å². The smallest absolute Gasteiger partial charge is 0.388 e. The van der Waals surface area contributed by atoms with Crippen LogP contribution in [0.25, 0.3) is 0 Å². The number of nitrogens with zero attached hydrogens (tertiary/aromatic N) is 4. The van der Waals surface area contributed by atoms with Crippen LogP contribution in [0.2, 0.25) is 0 Å². The van der Waals surface area contributed by atoms with Crippen LogP contribution < -0.4 is 10.1 Å². The van der Waals surface area contributed by atoms with Gasteiger partial charge in [0.15, 0.2) is 0 Å². The van der Waals surface area contributed by atoms with Crippen LogP contribution in [-0.2, 0) is 17.8 Å². The zero-order chi connectivity index (χ0) is 22.7. The van der Waals surface area contributed by atoms with Gasteiger partial charge < -0.3 is 25.0 Å². The number of halogens is 2. The summed E-state index contributed by atoms with van der Waals surface area (Å²) in [4.78, 5) is 36.0. The first-order chi connectivity index (χ1) is 15.4. The number of ether oxygens (including phenoxy) is 1. The molecule has 2 amide bonds. The molecular formula is C21H23F2N5O4. The molecule has 0 radical (unpaired) electrons. The lowest BCUT2D eigenvalue weighted by atomic mass is 10.0. The summed E-state index contributed by atoms with van der Waals surface area (Å²) in [6, 6.07) is 5.52. The second-order valence-electron chi connectivity index (χ2n) is 7.66. The van der Waals surface area contributed by atoms with Crippen molar-refractivity contribution in [1.82, 2.24) is 19.8 Å². The molecule has 0 unspecified atom stereocenters. The lowest BCUT2D eigenvalue weighted by molar-refractivity contribution is -0.138. The van der Waals surface area contributed by atoms with Gasteiger partial charge in [0.1, 0.15) is 5.82 Å². The predicted molar refractivity (Wildman–Crippen MR) is 109 cm³/mol. The van der Waals surface area contributed by atoms with Gasteiger partial charge in [-0.05, 0) is 30.0 Å². The number of fused-ring (bicyclic) bond motifs is 1. The number of urea groups is 1. The molecule has 1 saturated heterocycles. The van der Waals surface area contributed by atoms with E-state index < -0.39 is 18.6 Å². The first-order valence-electron chi connectivity index (χ1n) is 10.3. The molecule has 2 N–H and O–H groups in total. The average molecular weight is 447 g/mol. The van der Waals surface area contributed by atoms with Gasteiger partial charge in [0.25, 0.3) is 0 Å². The first kappa shape index (κ1) is 21.7. The van der Waals surface area contributed by atoms with Crippen LogP contribution in [0.4, 0.5) is 19.4 Å². The van der Waals surface area contributed by atoms with Crippen molar-refractivity contribution in [1.29, 1.82) is 0 Å². The zero-order valence-electron chi connectivity index (χ0n) is 17.2. The van der Waals surface area contributed by atoms with Gasteiger partial charge >= 0.3 is 18.6 Å². The third-order valence-electron chi connectivity index (χ3n) is 5.53. The number of hydrogen-bond donors (Lipinski definition) is 2. The van der Waals surface area contributed by atoms with Crippen molar-refractivity contribution >= 4 is 17.8 Å². The van der Waals surface area contributed by atoms with Gasteiger partial charge in [-0.3, -0.25) is 4.79 Å². The molecular weight excluding hydrogens is 424 g/mol. The van der Waals surface area contributed by atoms with Gasteiger partial charge in [-0.1, -0.05) is 12.1 Å². The summed E-state index contributed by atoms with van der Waals surface area (Å²) in [5, 5.41) is 12.6. The van der Waals surface area contributed by atoms with Crippen LogP contribution in [0.15, 0.2) is 30.5 Å². The van der Waals surface area contributed by atoms with Gasteiger partial charge in [-0.15, -0.1) is 0 Å². The number of pyridine rings is 2. The van der Waals surface area contributed by atoms with E-state index in [9.17, 15) is 23.5 Å². The Balaban J connectivity index is 1.48. The first-order valence-corrected chi connectivity index (χ1v) is 10.3. The largest absolute Gasteiger partial charge is 0.481 e. The van der Waals surface area contributed by atoms with Crippen molar-refractivity contribution in [3.05, 3.63) is 47.3 Å². The summed E-state index contributed by atoms with van der Waals surface area (Å²) in [5.74, 6) is -0.519. The summed E-state index contributed by atoms with van der Waals surface area (Å²) in [5.41, 5.74) is 2.33. The third-order valence-corrected chi connectivity index (χ3v) is 5.53. The maximum absolute atomic E-state index is 13.1. The summed E-state index contributed by atoms with van der Waals surface area (Å²) >= 11 is 0. The van der Waals surface area contributed by atoms with Gasteiger partial charge in [0, 0.05) is 31.9 Å². The monoisotopic (exact) mass is 447 g/mol. The average Bonchev–Trinajstić information content (AvgIpc) is 3.12. The Kier molecular flexibility index (Phi) is 6.33. The van der Waals surface area contributed by atoms with Gasteiger partial charge in [-0.2, -0.15) is 8.78 Å². The number of carbonyl (C=O) groups is 2. The molecule has 4 rings (SSSR count). The molecule has 2 aliphatic heterocycles. The molecule has 2 aliphatic rings. The second-order valence-corrected chi connectivity index (χ2v) is 7.66. The number of carboxylic acid groups (broad SMARTS) is 1. The predicted octanol–water partition coefficient (Wildman–Crippen LogP) is 2.89. The SMILES string of the molecule is O=C(O)C[C@@H](c1ccc(OC(F)F)nc1)N1CCN(Cc2ccc3c(n2)NCCC3)C1=O. The van der Waals surface area contributed by atoms with Crippen molar-refractivity contribution in [2.45, 2.75) is 38.5 Å². The van der Waals surface area contributed by atoms with Crippen molar-refractivity contribution in [2.24, 2.45) is 0 Å². The molecule has 9 nitrogen and oxygen atoms in total. The number of aromatic nitrogens is 2. The van der Waals surface area contributed by atoms with Crippen molar-refractivity contribution < 1.29 is 28.2 Å². The standard InChI is InChI=1S/C21H23F2N5O4/c22-20(23)32-17-6-4-14(11-25-17)16(10-18(29)30)28-9-8-27(21(28)31)12-15-5-3-13-2-1-7-24-19(13)26-15/h3-6,11,16,20H,1-2,7-10,12H2,(H,24,26)(H,29,30)/t16-/m0/s1. The summed E-state index contributed by atoms with van der Waals surface area (Å²) in [7, 11) is 0. The highest BCUT2D eigenvalue weighted by Crippen LogP contribution is 2.30. The summed E-state index contributed by atoms with van der Waals surface area (Å²) in [6.45, 7) is -1.09. The molecule has 1 fully saturated rings. The molecule has 170 valence electrons. The van der Waals surface area contributed by atoms with Gasteiger partial charge in [0.05, 0.1) is 24.7 Å². The highest BCUT2D eigenvalue weighted by Gasteiger charge is 2.36. The fourth-order valence-electron chi connectivity index (χ4n) is 4.01. The Morgan fingerprint density at radius 3 is 2.81 bits per heavy atom. The van der Waals surface area contributed by atoms with Crippen molar-refractivity contribution in [3.8, 4) is 5.88 Å². The van der Waals surface area contributed by atoms with Crippen LogP contribution in [-0.4, -0.2) is 63.1 Å². The van der Waals surface area contributed by atoms with E-state index in [1.165, 1.54) is 23.2 Å². The highest BCUT2D eigenvalue weighted by atomic mass is 19.3. The minimum Gasteiger partial charge on any atom is -0.481 e. The third kappa shape index (κ3) is 4.87. The Bertz CT molecular complexity index is 989. The number of anilines is 1. The normalized spacial score (nSPS) is 16.7. The Morgan fingerprint density at radius 2 is 2.09 bits per heavy atom. The molecule has 2 aromatic heterocycles. The molecule has 4 heterocycles. The minimum atomic E-state index is -3.01. The lowest BCUT2D eigenvalue weighted by Gasteiger charge is -2.27. The van der Waals surface area contributed by atoms with Crippen LogP contribution in [0.3, 0.4) is 0 Å². The van der Waals surface area contributed by atoms with Gasteiger partial charge in [-0.25, -0.2) is 14.8 Å². The number of aryl methyl sites for hydroxylation is 1. The number of amides is 2. The molecule has 11 heteroatoms. The van der Waals surface area contributed by atoms with Crippen LogP contribution in [0, 0.1) is 0 Å². The summed E-state index contributed by atoms with van der Waals surface area (Å²) in [6.07, 6.45) is 2.95. The molecule has 1 atom stereocenters. The number of carbonyl (C=O) groups excluding carboxylic acids is 1. The molecule has 0 saturated carbocycles. The van der Waals surface area contributed by atoms with E-state index in [1.54, 1.807) is 4.90 Å². The molecule has 0 aliphatic carbocycles. The molecule has 0 spiro atoms. The van der Waals surface area contributed by atoms with Crippen molar-refractivity contribution in [2.75, 3.05) is 25.0 Å². The number of alkyl halides is 2. The highest BCUT2D eigenvalue weighted by molar-refractivity contribution is 5.78. The Morgan fingerprint density at radius 1 is 1.25 bits per heavy atom. The van der Waals surface area contributed by atoms with Crippen molar-refractivity contribution in [3.63, 3.8) is 0 Å². The minimum absolute atomic E-state index is 0.278. The molecule has 32 heavy (non-hydrogen) atoms. The summed E-state index contributed by atoms with van der Waals surface area (Å²) < 4.78 is 29.0. The maximum Gasteiger partial charge on any atom is 0.388 e. The number of carboxylic acids is 1. The second kappa shape index (κ2) is 9.33. The topological polar surface area (TPSA) is 108 Å². The number of nitrogens with one attached hydrogen (secondary N) is 1. The zero-order valence-corrected chi connectivity index (χ0v) is 17.2. The van der Waals surface area contributed by atoms with E-state index in [0.717, 1.165) is 36.5 Å². The Labute approximate surface area is 183 Å². The van der Waals surface area contributed by atoms with Crippen LogP contribution in [0.5, 0.6) is 5.88 Å². The van der Waals surface area contributed by atoms with E-state index in [1.807, 2.05) is 12.1 Å². The fourth-order valence-corrected chi connectivity index (χ4v) is 4.01. The molecule has 0 aromatic carbocycles. The lowest BCUT2D eigenvalue weighted by Crippen LogP contribution is -2.35. The van der Waals surface area contributed by atoms with E-state index in [4.69, 9.17) is 0 Å².